The summed E-state index contributed by atoms with van der Waals surface area (Å²) in [6.45, 7) is 4.47. The van der Waals surface area contributed by atoms with Crippen LogP contribution in [0.4, 0.5) is 4.79 Å². The molecule has 30 heavy (non-hydrogen) atoms. The SMILES string of the molecule is C=CCCCOc1ccc2c(C(=O)OC)ccc([C@H]3CC(O)CCN3C(=O)O)c2c1. The van der Waals surface area contributed by atoms with Crippen LogP contribution in [0, 0.1) is 0 Å². The zero-order valence-electron chi connectivity index (χ0n) is 17.0. The molecule has 1 aliphatic heterocycles. The van der Waals surface area contributed by atoms with Crippen molar-refractivity contribution in [3.63, 3.8) is 0 Å². The molecule has 0 spiro atoms. The zero-order valence-corrected chi connectivity index (χ0v) is 17.0. The quantitative estimate of drug-likeness (QED) is 0.402. The molecule has 2 aromatic rings. The monoisotopic (exact) mass is 413 g/mol. The molecule has 160 valence electrons. The number of carbonyl (C=O) groups excluding carboxylic acids is 1. The number of unbranched alkanes of at least 4 members (excludes halogenated alkanes) is 1. The van der Waals surface area contributed by atoms with E-state index in [2.05, 4.69) is 6.58 Å². The van der Waals surface area contributed by atoms with Crippen LogP contribution in [0.5, 0.6) is 5.75 Å². The summed E-state index contributed by atoms with van der Waals surface area (Å²) in [6, 6.07) is 8.28. The number of rotatable bonds is 7. The highest BCUT2D eigenvalue weighted by Gasteiger charge is 2.33. The molecule has 7 heteroatoms. The van der Waals surface area contributed by atoms with Gasteiger partial charge in [-0.1, -0.05) is 12.1 Å². The number of carboxylic acid groups (broad SMARTS) is 1. The highest BCUT2D eigenvalue weighted by Crippen LogP contribution is 2.38. The van der Waals surface area contributed by atoms with Crippen molar-refractivity contribution in [2.45, 2.75) is 37.8 Å². The first-order chi connectivity index (χ1) is 14.5. The largest absolute Gasteiger partial charge is 0.494 e. The fourth-order valence-electron chi connectivity index (χ4n) is 3.91. The zero-order chi connectivity index (χ0) is 21.7. The summed E-state index contributed by atoms with van der Waals surface area (Å²) >= 11 is 0. The highest BCUT2D eigenvalue weighted by molar-refractivity contribution is 6.06. The van der Waals surface area contributed by atoms with E-state index in [4.69, 9.17) is 9.47 Å². The predicted molar refractivity (Wildman–Crippen MR) is 113 cm³/mol. The van der Waals surface area contributed by atoms with Crippen molar-refractivity contribution >= 4 is 22.8 Å². The van der Waals surface area contributed by atoms with Gasteiger partial charge in [-0.05, 0) is 66.3 Å². The number of likely N-dealkylation sites (tertiary alicyclic amines) is 1. The van der Waals surface area contributed by atoms with Crippen molar-refractivity contribution in [3.8, 4) is 5.75 Å². The minimum Gasteiger partial charge on any atom is -0.494 e. The Balaban J connectivity index is 2.08. The summed E-state index contributed by atoms with van der Waals surface area (Å²) in [5.74, 6) is 0.165. The molecule has 7 nitrogen and oxygen atoms in total. The standard InChI is InChI=1S/C23H27NO6/c1-3-4-5-12-30-16-6-7-17-19(22(26)29-2)9-8-18(20(17)14-16)21-13-15(25)10-11-24(21)23(27)28/h3,6-9,14-15,21,25H,1,4-5,10-13H2,2H3,(H,27,28)/t15?,21-/m1/s1. The van der Waals surface area contributed by atoms with E-state index >= 15 is 0 Å². The molecular formula is C23H27NO6. The highest BCUT2D eigenvalue weighted by atomic mass is 16.5. The number of carbonyl (C=O) groups is 2. The molecular weight excluding hydrogens is 386 g/mol. The van der Waals surface area contributed by atoms with E-state index in [0.29, 0.717) is 41.5 Å². The minimum absolute atomic E-state index is 0.249. The maximum Gasteiger partial charge on any atom is 0.407 e. The minimum atomic E-state index is -1.03. The molecule has 1 amide bonds. The Bertz CT molecular complexity index is 941. The Morgan fingerprint density at radius 2 is 2.07 bits per heavy atom. The maximum atomic E-state index is 12.3. The normalized spacial score (nSPS) is 18.8. The van der Waals surface area contributed by atoms with E-state index < -0.39 is 24.2 Å². The Labute approximate surface area is 175 Å². The van der Waals surface area contributed by atoms with Crippen LogP contribution in [-0.4, -0.2) is 53.5 Å². The molecule has 1 heterocycles. The molecule has 0 saturated carbocycles. The van der Waals surface area contributed by atoms with E-state index in [1.807, 2.05) is 12.1 Å². The smallest absolute Gasteiger partial charge is 0.407 e. The average Bonchev–Trinajstić information content (AvgIpc) is 2.75. The van der Waals surface area contributed by atoms with E-state index in [9.17, 15) is 19.8 Å². The van der Waals surface area contributed by atoms with E-state index in [1.165, 1.54) is 12.0 Å². The van der Waals surface area contributed by atoms with Crippen LogP contribution in [0.25, 0.3) is 10.8 Å². The molecule has 1 fully saturated rings. The first-order valence-corrected chi connectivity index (χ1v) is 10.0. The van der Waals surface area contributed by atoms with Gasteiger partial charge in [-0.25, -0.2) is 9.59 Å². The van der Waals surface area contributed by atoms with Crippen LogP contribution in [0.1, 0.15) is 47.6 Å². The molecule has 0 aliphatic carbocycles. The van der Waals surface area contributed by atoms with Crippen LogP contribution in [0.3, 0.4) is 0 Å². The summed E-state index contributed by atoms with van der Waals surface area (Å²) in [7, 11) is 1.32. The van der Waals surface area contributed by atoms with Gasteiger partial charge in [-0.3, -0.25) is 0 Å². The lowest BCUT2D eigenvalue weighted by atomic mass is 9.88. The number of esters is 1. The molecule has 2 aromatic carbocycles. The molecule has 1 saturated heterocycles. The maximum absolute atomic E-state index is 12.3. The van der Waals surface area contributed by atoms with Crippen molar-refractivity contribution in [1.82, 2.24) is 4.90 Å². The van der Waals surface area contributed by atoms with Gasteiger partial charge in [0.2, 0.25) is 0 Å². The Hall–Kier alpha value is -3.06. The molecule has 0 aromatic heterocycles. The lowest BCUT2D eigenvalue weighted by Gasteiger charge is -2.37. The predicted octanol–water partition coefficient (Wildman–Crippen LogP) is 4.15. The van der Waals surface area contributed by atoms with E-state index in [1.54, 1.807) is 24.3 Å². The molecule has 3 rings (SSSR count). The van der Waals surface area contributed by atoms with Crippen molar-refractivity contribution in [2.24, 2.45) is 0 Å². The second-order valence-corrected chi connectivity index (χ2v) is 7.35. The van der Waals surface area contributed by atoms with Crippen molar-refractivity contribution < 1.29 is 29.3 Å². The second-order valence-electron chi connectivity index (χ2n) is 7.35. The number of piperidine rings is 1. The number of amides is 1. The summed E-state index contributed by atoms with van der Waals surface area (Å²) in [4.78, 5) is 25.4. The topological polar surface area (TPSA) is 96.3 Å². The number of hydrogen-bond acceptors (Lipinski definition) is 5. The fourth-order valence-corrected chi connectivity index (χ4v) is 3.91. The van der Waals surface area contributed by atoms with Crippen molar-refractivity contribution in [1.29, 1.82) is 0 Å². The van der Waals surface area contributed by atoms with Gasteiger partial charge < -0.3 is 24.6 Å². The molecule has 1 unspecified atom stereocenters. The van der Waals surface area contributed by atoms with Crippen molar-refractivity contribution in [3.05, 3.63) is 54.1 Å². The third kappa shape index (κ3) is 4.57. The second kappa shape index (κ2) is 9.63. The fraction of sp³-hybridized carbons (Fsp3) is 0.391. The van der Waals surface area contributed by atoms with Crippen LogP contribution in [0.2, 0.25) is 0 Å². The Kier molecular flexibility index (Phi) is 6.95. The number of fused-ring (bicyclic) bond motifs is 1. The molecule has 0 bridgehead atoms. The first kappa shape index (κ1) is 21.6. The van der Waals surface area contributed by atoms with Crippen LogP contribution in [-0.2, 0) is 4.74 Å². The van der Waals surface area contributed by atoms with Gasteiger partial charge in [0, 0.05) is 6.54 Å². The van der Waals surface area contributed by atoms with E-state index in [0.717, 1.165) is 18.4 Å². The number of aliphatic hydroxyl groups is 1. The van der Waals surface area contributed by atoms with Gasteiger partial charge in [0.15, 0.2) is 0 Å². The van der Waals surface area contributed by atoms with Gasteiger partial charge in [0.1, 0.15) is 5.75 Å². The summed E-state index contributed by atoms with van der Waals surface area (Å²) in [5.41, 5.74) is 1.13. The number of nitrogens with zero attached hydrogens (tertiary/aromatic N) is 1. The lowest BCUT2D eigenvalue weighted by Crippen LogP contribution is -2.41. The molecule has 0 radical (unpaired) electrons. The Morgan fingerprint density at radius 1 is 1.27 bits per heavy atom. The number of hydrogen-bond donors (Lipinski definition) is 2. The summed E-state index contributed by atoms with van der Waals surface area (Å²) < 4.78 is 10.7. The number of aliphatic hydroxyl groups excluding tert-OH is 1. The van der Waals surface area contributed by atoms with Crippen LogP contribution in [0.15, 0.2) is 43.0 Å². The van der Waals surface area contributed by atoms with Crippen LogP contribution >= 0.6 is 0 Å². The lowest BCUT2D eigenvalue weighted by molar-refractivity contribution is 0.0428. The van der Waals surface area contributed by atoms with Gasteiger partial charge >= 0.3 is 12.1 Å². The number of allylic oxidation sites excluding steroid dienone is 1. The average molecular weight is 413 g/mol. The third-order valence-corrected chi connectivity index (χ3v) is 5.43. The van der Waals surface area contributed by atoms with Crippen LogP contribution < -0.4 is 4.74 Å². The van der Waals surface area contributed by atoms with Gasteiger partial charge in [-0.2, -0.15) is 0 Å². The van der Waals surface area contributed by atoms with Crippen molar-refractivity contribution in [2.75, 3.05) is 20.3 Å². The summed E-state index contributed by atoms with van der Waals surface area (Å²) in [6.07, 6.45) is 2.59. The van der Waals surface area contributed by atoms with Gasteiger partial charge in [0.05, 0.1) is 31.4 Å². The molecule has 2 atom stereocenters. The number of benzene rings is 2. The van der Waals surface area contributed by atoms with Gasteiger partial charge in [0.25, 0.3) is 0 Å². The number of ether oxygens (including phenoxy) is 2. The molecule has 2 N–H and O–H groups in total. The number of methoxy groups -OCH3 is 1. The molecule has 1 aliphatic rings. The van der Waals surface area contributed by atoms with Gasteiger partial charge in [-0.15, -0.1) is 6.58 Å². The summed E-state index contributed by atoms with van der Waals surface area (Å²) in [5, 5.41) is 21.2. The third-order valence-electron chi connectivity index (χ3n) is 5.43. The Morgan fingerprint density at radius 3 is 2.77 bits per heavy atom. The first-order valence-electron chi connectivity index (χ1n) is 10.0. The van der Waals surface area contributed by atoms with E-state index in [-0.39, 0.29) is 6.54 Å².